The maximum absolute atomic E-state index is 5.37. The second kappa shape index (κ2) is 5.65. The number of ether oxygens (including phenoxy) is 1. The third-order valence-electron chi connectivity index (χ3n) is 3.26. The summed E-state index contributed by atoms with van der Waals surface area (Å²) in [5.41, 5.74) is 2.53. The Balaban J connectivity index is 1.85. The van der Waals surface area contributed by atoms with Crippen molar-refractivity contribution in [1.82, 2.24) is 15.1 Å². The Morgan fingerprint density at radius 2 is 2.41 bits per heavy atom. The topological polar surface area (TPSA) is 39.1 Å². The van der Waals surface area contributed by atoms with E-state index in [2.05, 4.69) is 30.5 Å². The Morgan fingerprint density at radius 3 is 3.06 bits per heavy atom. The van der Waals surface area contributed by atoms with Gasteiger partial charge in [0.05, 0.1) is 12.3 Å². The predicted octanol–water partition coefficient (Wildman–Crippen LogP) is 1.67. The maximum Gasteiger partial charge on any atom is 0.0694 e. The predicted molar refractivity (Wildman–Crippen MR) is 67.9 cm³/mol. The van der Waals surface area contributed by atoms with Crippen molar-refractivity contribution >= 4 is 0 Å². The molecule has 96 valence electrons. The van der Waals surface area contributed by atoms with Crippen molar-refractivity contribution in [3.05, 3.63) is 17.5 Å². The van der Waals surface area contributed by atoms with Crippen LogP contribution in [0.5, 0.6) is 0 Å². The van der Waals surface area contributed by atoms with Crippen molar-refractivity contribution in [3.63, 3.8) is 0 Å². The average Bonchev–Trinajstić information content (AvgIpc) is 2.88. The summed E-state index contributed by atoms with van der Waals surface area (Å²) in [5, 5.41) is 8.03. The van der Waals surface area contributed by atoms with Crippen LogP contribution in [0.25, 0.3) is 0 Å². The minimum Gasteiger partial charge on any atom is -0.381 e. The van der Waals surface area contributed by atoms with Crippen molar-refractivity contribution in [2.24, 2.45) is 13.0 Å². The van der Waals surface area contributed by atoms with Gasteiger partial charge in [-0.3, -0.25) is 4.68 Å². The molecule has 1 aliphatic heterocycles. The molecule has 4 nitrogen and oxygen atoms in total. The number of hydrogen-bond donors (Lipinski definition) is 1. The Kier molecular flexibility index (Phi) is 4.18. The van der Waals surface area contributed by atoms with Crippen molar-refractivity contribution < 1.29 is 4.74 Å². The highest BCUT2D eigenvalue weighted by molar-refractivity contribution is 5.19. The van der Waals surface area contributed by atoms with E-state index in [0.29, 0.717) is 11.8 Å². The summed E-state index contributed by atoms with van der Waals surface area (Å²) in [6, 6.07) is 0. The Labute approximate surface area is 103 Å². The van der Waals surface area contributed by atoms with Crippen LogP contribution in [0.4, 0.5) is 0 Å². The Bertz CT molecular complexity index is 354. The lowest BCUT2D eigenvalue weighted by molar-refractivity contribution is 0.185. The van der Waals surface area contributed by atoms with Gasteiger partial charge < -0.3 is 10.1 Å². The summed E-state index contributed by atoms with van der Waals surface area (Å²) in [4.78, 5) is 0. The van der Waals surface area contributed by atoms with Gasteiger partial charge in [-0.1, -0.05) is 13.8 Å². The first-order chi connectivity index (χ1) is 8.16. The number of nitrogens with zero attached hydrogens (tertiary/aromatic N) is 2. The number of rotatable bonds is 5. The van der Waals surface area contributed by atoms with Gasteiger partial charge in [0.15, 0.2) is 0 Å². The molecule has 17 heavy (non-hydrogen) atoms. The molecule has 0 aliphatic carbocycles. The van der Waals surface area contributed by atoms with E-state index in [9.17, 15) is 0 Å². The van der Waals surface area contributed by atoms with Crippen LogP contribution in [0.15, 0.2) is 6.20 Å². The van der Waals surface area contributed by atoms with Crippen LogP contribution in [-0.2, 0) is 18.3 Å². The number of nitrogens with one attached hydrogen (secondary N) is 1. The van der Waals surface area contributed by atoms with Crippen LogP contribution in [0, 0.1) is 5.92 Å². The fourth-order valence-electron chi connectivity index (χ4n) is 2.33. The molecule has 1 N–H and O–H groups in total. The monoisotopic (exact) mass is 237 g/mol. The van der Waals surface area contributed by atoms with Crippen LogP contribution >= 0.6 is 0 Å². The zero-order chi connectivity index (χ0) is 12.3. The van der Waals surface area contributed by atoms with Gasteiger partial charge >= 0.3 is 0 Å². The molecular formula is C13H23N3O. The van der Waals surface area contributed by atoms with Crippen molar-refractivity contribution in [2.45, 2.75) is 32.7 Å². The average molecular weight is 237 g/mol. The van der Waals surface area contributed by atoms with E-state index >= 15 is 0 Å². The molecule has 2 heterocycles. The van der Waals surface area contributed by atoms with Crippen LogP contribution in [-0.4, -0.2) is 29.5 Å². The Morgan fingerprint density at radius 1 is 1.59 bits per heavy atom. The molecule has 2 rings (SSSR count). The number of aryl methyl sites for hydroxylation is 1. The van der Waals surface area contributed by atoms with Gasteiger partial charge in [0, 0.05) is 38.5 Å². The summed E-state index contributed by atoms with van der Waals surface area (Å²) >= 11 is 0. The quantitative estimate of drug-likeness (QED) is 0.846. The minimum absolute atomic E-state index is 0.489. The largest absolute Gasteiger partial charge is 0.381 e. The van der Waals surface area contributed by atoms with Gasteiger partial charge in [0.25, 0.3) is 0 Å². The van der Waals surface area contributed by atoms with E-state index in [0.717, 1.165) is 26.3 Å². The maximum atomic E-state index is 5.37. The summed E-state index contributed by atoms with van der Waals surface area (Å²) in [7, 11) is 1.99. The molecular weight excluding hydrogens is 214 g/mol. The van der Waals surface area contributed by atoms with E-state index in [4.69, 9.17) is 4.74 Å². The first-order valence-electron chi connectivity index (χ1n) is 6.47. The molecule has 1 aromatic heterocycles. The lowest BCUT2D eigenvalue weighted by atomic mass is 10.1. The normalized spacial score (nSPS) is 20.4. The third kappa shape index (κ3) is 3.30. The van der Waals surface area contributed by atoms with E-state index in [1.54, 1.807) is 0 Å². The van der Waals surface area contributed by atoms with Crippen molar-refractivity contribution in [2.75, 3.05) is 19.8 Å². The van der Waals surface area contributed by atoms with E-state index in [1.807, 2.05) is 11.7 Å². The van der Waals surface area contributed by atoms with Crippen LogP contribution in [0.2, 0.25) is 0 Å². The molecule has 0 amide bonds. The van der Waals surface area contributed by atoms with Crippen molar-refractivity contribution in [3.8, 4) is 0 Å². The highest BCUT2D eigenvalue weighted by Crippen LogP contribution is 2.17. The molecule has 1 unspecified atom stereocenters. The highest BCUT2D eigenvalue weighted by Gasteiger charge is 2.16. The fraction of sp³-hybridized carbons (Fsp3) is 0.769. The van der Waals surface area contributed by atoms with Gasteiger partial charge in [0.1, 0.15) is 0 Å². The molecule has 0 aromatic carbocycles. The number of hydrogen-bond acceptors (Lipinski definition) is 3. The van der Waals surface area contributed by atoms with Gasteiger partial charge in [-0.05, 0) is 18.3 Å². The lowest BCUT2D eigenvalue weighted by Gasteiger charge is -2.10. The van der Waals surface area contributed by atoms with E-state index < -0.39 is 0 Å². The zero-order valence-electron chi connectivity index (χ0n) is 11.1. The summed E-state index contributed by atoms with van der Waals surface area (Å²) in [6.07, 6.45) is 3.31. The first-order valence-corrected chi connectivity index (χ1v) is 6.47. The molecule has 0 radical (unpaired) electrons. The SMILES string of the molecule is CC(C)c1nn(C)cc1CNCC1CCOC1. The summed E-state index contributed by atoms with van der Waals surface area (Å²) in [5.74, 6) is 1.18. The van der Waals surface area contributed by atoms with E-state index in [1.165, 1.54) is 17.7 Å². The molecule has 1 saturated heterocycles. The van der Waals surface area contributed by atoms with Gasteiger partial charge in [-0.15, -0.1) is 0 Å². The van der Waals surface area contributed by atoms with Crippen LogP contribution in [0.3, 0.4) is 0 Å². The van der Waals surface area contributed by atoms with Gasteiger partial charge in [0.2, 0.25) is 0 Å². The fourth-order valence-corrected chi connectivity index (χ4v) is 2.33. The molecule has 1 aliphatic rings. The van der Waals surface area contributed by atoms with Crippen LogP contribution < -0.4 is 5.32 Å². The third-order valence-corrected chi connectivity index (χ3v) is 3.26. The van der Waals surface area contributed by atoms with Gasteiger partial charge in [-0.2, -0.15) is 5.10 Å². The molecule has 0 saturated carbocycles. The molecule has 0 bridgehead atoms. The molecule has 4 heteroatoms. The highest BCUT2D eigenvalue weighted by atomic mass is 16.5. The second-order valence-corrected chi connectivity index (χ2v) is 5.23. The lowest BCUT2D eigenvalue weighted by Crippen LogP contribution is -2.23. The first kappa shape index (κ1) is 12.6. The standard InChI is InChI=1S/C13H23N3O/c1-10(2)13-12(8-16(3)15-13)7-14-6-11-4-5-17-9-11/h8,10-11,14H,4-7,9H2,1-3H3. The minimum atomic E-state index is 0.489. The Hall–Kier alpha value is -0.870. The van der Waals surface area contributed by atoms with E-state index in [-0.39, 0.29) is 0 Å². The summed E-state index contributed by atoms with van der Waals surface area (Å²) in [6.45, 7) is 8.19. The molecule has 1 aromatic rings. The number of aromatic nitrogens is 2. The second-order valence-electron chi connectivity index (χ2n) is 5.23. The van der Waals surface area contributed by atoms with Crippen LogP contribution in [0.1, 0.15) is 37.4 Å². The van der Waals surface area contributed by atoms with Crippen molar-refractivity contribution in [1.29, 1.82) is 0 Å². The molecule has 0 spiro atoms. The molecule has 1 fully saturated rings. The molecule has 1 atom stereocenters. The summed E-state index contributed by atoms with van der Waals surface area (Å²) < 4.78 is 7.28. The zero-order valence-corrected chi connectivity index (χ0v) is 11.1. The smallest absolute Gasteiger partial charge is 0.0694 e. The van der Waals surface area contributed by atoms with Gasteiger partial charge in [-0.25, -0.2) is 0 Å².